The van der Waals surface area contributed by atoms with Gasteiger partial charge in [0, 0.05) is 22.2 Å². The van der Waals surface area contributed by atoms with E-state index in [1.807, 2.05) is 13.8 Å². The molecule has 0 spiro atoms. The van der Waals surface area contributed by atoms with Crippen LogP contribution in [0.3, 0.4) is 0 Å². The summed E-state index contributed by atoms with van der Waals surface area (Å²) in [4.78, 5) is 41.3. The van der Waals surface area contributed by atoms with E-state index in [-0.39, 0.29) is 17.3 Å². The Labute approximate surface area is 184 Å². The van der Waals surface area contributed by atoms with Gasteiger partial charge in [0.05, 0.1) is 11.9 Å². The van der Waals surface area contributed by atoms with Crippen LogP contribution in [-0.2, 0) is 0 Å². The quantitative estimate of drug-likeness (QED) is 0.266. The zero-order chi connectivity index (χ0) is 22.6. The molecule has 1 amide bonds. The van der Waals surface area contributed by atoms with Gasteiger partial charge in [-0.1, -0.05) is 31.5 Å². The van der Waals surface area contributed by atoms with Crippen molar-refractivity contribution in [2.45, 2.75) is 26.4 Å². The number of aromatic nitrogens is 1. The van der Waals surface area contributed by atoms with E-state index in [4.69, 9.17) is 11.6 Å². The summed E-state index contributed by atoms with van der Waals surface area (Å²) in [5.41, 5.74) is -0.545. The molecule has 3 aromatic rings. The third kappa shape index (κ3) is 5.00. The number of carbonyl (C=O) groups is 1. The van der Waals surface area contributed by atoms with Crippen LogP contribution in [0.2, 0.25) is 5.02 Å². The number of pyridine rings is 1. The van der Waals surface area contributed by atoms with E-state index in [2.05, 4.69) is 27.5 Å². The molecule has 0 radical (unpaired) electrons. The van der Waals surface area contributed by atoms with Gasteiger partial charge in [-0.15, -0.1) is 6.58 Å². The van der Waals surface area contributed by atoms with Crippen molar-refractivity contribution in [3.05, 3.63) is 92.5 Å². The number of rotatable bonds is 9. The van der Waals surface area contributed by atoms with Crippen LogP contribution in [-0.4, -0.2) is 17.1 Å². The van der Waals surface area contributed by atoms with Crippen LogP contribution in [0.5, 0.6) is 0 Å². The summed E-state index contributed by atoms with van der Waals surface area (Å²) < 4.78 is 0. The highest BCUT2D eigenvalue weighted by Crippen LogP contribution is 2.29. The summed E-state index contributed by atoms with van der Waals surface area (Å²) >= 11 is 5.90. The Morgan fingerprint density at radius 2 is 1.84 bits per heavy atom. The smallest absolute Gasteiger partial charge is 0.253 e. The molecule has 3 rings (SSSR count). The third-order valence-electron chi connectivity index (χ3n) is 4.96. The first kappa shape index (κ1) is 22.2. The number of nitrogens with zero attached hydrogens (tertiary/aromatic N) is 1. The molecule has 1 heterocycles. The Morgan fingerprint density at radius 1 is 1.16 bits per heavy atom. The fourth-order valence-corrected chi connectivity index (χ4v) is 3.23. The first-order valence-electron chi connectivity index (χ1n) is 9.67. The summed E-state index contributed by atoms with van der Waals surface area (Å²) in [6.07, 6.45) is 4.77. The highest BCUT2D eigenvalue weighted by atomic mass is 35.5. The Kier molecular flexibility index (Phi) is 6.56. The monoisotopic (exact) mass is 438 g/mol. The molecule has 1 unspecified atom stereocenters. The first-order chi connectivity index (χ1) is 14.7. The molecule has 3 N–H and O–H groups in total. The van der Waals surface area contributed by atoms with Gasteiger partial charge in [0.1, 0.15) is 17.5 Å². The number of carbonyl (C=O) groups excluding carboxylic acids is 1. The van der Waals surface area contributed by atoms with Crippen LogP contribution in [0.15, 0.2) is 71.0 Å². The normalized spacial score (nSPS) is 12.2. The standard InChI is InChI=1S/C23H23ClN4O3/c1-4-11-23(2,3)22(28-21(31)14-7-9-15(24)10-8-14)27-18-17(19(29)20(18)30)26-16-6-5-12-25-13-16/h4-10,12-13,22,26-27H,1,11H2,2-3H3,(H,28,31). The summed E-state index contributed by atoms with van der Waals surface area (Å²) in [5, 5.41) is 9.43. The minimum atomic E-state index is -0.661. The molecule has 1 atom stereocenters. The van der Waals surface area contributed by atoms with E-state index in [0.29, 0.717) is 22.7 Å². The van der Waals surface area contributed by atoms with E-state index in [9.17, 15) is 14.4 Å². The van der Waals surface area contributed by atoms with Crippen molar-refractivity contribution in [1.29, 1.82) is 0 Å². The molecule has 2 aromatic carbocycles. The van der Waals surface area contributed by atoms with Gasteiger partial charge in [-0.2, -0.15) is 0 Å². The van der Waals surface area contributed by atoms with E-state index >= 15 is 0 Å². The average Bonchev–Trinajstić information content (AvgIpc) is 2.76. The fraction of sp³-hybridized carbons (Fsp3) is 0.217. The van der Waals surface area contributed by atoms with Crippen molar-refractivity contribution in [3.63, 3.8) is 0 Å². The van der Waals surface area contributed by atoms with Crippen molar-refractivity contribution >= 4 is 34.6 Å². The highest BCUT2D eigenvalue weighted by molar-refractivity contribution is 6.30. The van der Waals surface area contributed by atoms with Gasteiger partial charge < -0.3 is 16.0 Å². The van der Waals surface area contributed by atoms with Crippen LogP contribution in [0, 0.1) is 5.41 Å². The van der Waals surface area contributed by atoms with Crippen LogP contribution >= 0.6 is 11.6 Å². The molecule has 160 valence electrons. The summed E-state index contributed by atoms with van der Waals surface area (Å²) in [6.45, 7) is 7.63. The van der Waals surface area contributed by atoms with Gasteiger partial charge in [0.2, 0.25) is 0 Å². The molecule has 0 bridgehead atoms. The van der Waals surface area contributed by atoms with Gasteiger partial charge in [-0.05, 0) is 42.8 Å². The lowest BCUT2D eigenvalue weighted by Crippen LogP contribution is -2.52. The molecule has 0 fully saturated rings. The maximum Gasteiger partial charge on any atom is 0.253 e. The van der Waals surface area contributed by atoms with Gasteiger partial charge in [-0.3, -0.25) is 19.4 Å². The van der Waals surface area contributed by atoms with Gasteiger partial charge in [-0.25, -0.2) is 0 Å². The SMILES string of the molecule is C=CCC(C)(C)C(NC(=O)c1ccc(Cl)cc1)Nc1c(Nc2cccnc2)c(=O)c1=O. The van der Waals surface area contributed by atoms with E-state index in [1.54, 1.807) is 54.9 Å². The number of hydrogen-bond donors (Lipinski definition) is 3. The molecular weight excluding hydrogens is 416 g/mol. The fourth-order valence-electron chi connectivity index (χ4n) is 3.11. The number of halogens is 1. The molecule has 0 saturated carbocycles. The molecule has 0 saturated heterocycles. The molecule has 8 heteroatoms. The lowest BCUT2D eigenvalue weighted by atomic mass is 9.85. The topological polar surface area (TPSA) is 100 Å². The van der Waals surface area contributed by atoms with Crippen molar-refractivity contribution < 1.29 is 4.79 Å². The number of benzene rings is 1. The van der Waals surface area contributed by atoms with Crippen LogP contribution in [0.1, 0.15) is 30.6 Å². The molecule has 1 aromatic heterocycles. The van der Waals surface area contributed by atoms with E-state index < -0.39 is 22.4 Å². The summed E-state index contributed by atoms with van der Waals surface area (Å²) in [5.74, 6) is -0.341. The number of amides is 1. The second-order valence-electron chi connectivity index (χ2n) is 7.81. The largest absolute Gasteiger partial charge is 0.360 e. The van der Waals surface area contributed by atoms with Gasteiger partial charge in [0.25, 0.3) is 16.8 Å². The minimum absolute atomic E-state index is 0.118. The predicted molar refractivity (Wildman–Crippen MR) is 124 cm³/mol. The Bertz CT molecular complexity index is 1150. The van der Waals surface area contributed by atoms with Gasteiger partial charge in [0.15, 0.2) is 0 Å². The highest BCUT2D eigenvalue weighted by Gasteiger charge is 2.33. The Hall–Kier alpha value is -3.45. The van der Waals surface area contributed by atoms with Crippen LogP contribution in [0.4, 0.5) is 17.1 Å². The summed E-state index contributed by atoms with van der Waals surface area (Å²) in [6, 6.07) is 9.92. The van der Waals surface area contributed by atoms with Crippen molar-refractivity contribution in [2.24, 2.45) is 5.41 Å². The molecule has 7 nitrogen and oxygen atoms in total. The van der Waals surface area contributed by atoms with Crippen molar-refractivity contribution in [3.8, 4) is 0 Å². The predicted octanol–water partition coefficient (Wildman–Crippen LogP) is 3.84. The van der Waals surface area contributed by atoms with Crippen LogP contribution in [0.25, 0.3) is 0 Å². The number of nitrogens with one attached hydrogen (secondary N) is 3. The lowest BCUT2D eigenvalue weighted by Gasteiger charge is -2.36. The summed E-state index contributed by atoms with van der Waals surface area (Å²) in [7, 11) is 0. The maximum absolute atomic E-state index is 12.8. The Balaban J connectivity index is 1.87. The Morgan fingerprint density at radius 3 is 2.45 bits per heavy atom. The molecule has 31 heavy (non-hydrogen) atoms. The van der Waals surface area contributed by atoms with Crippen LogP contribution < -0.4 is 26.8 Å². The van der Waals surface area contributed by atoms with Crippen molar-refractivity contribution in [1.82, 2.24) is 10.3 Å². The lowest BCUT2D eigenvalue weighted by molar-refractivity contribution is 0.0908. The number of allylic oxidation sites excluding steroid dienone is 1. The third-order valence-corrected chi connectivity index (χ3v) is 5.22. The maximum atomic E-state index is 12.8. The molecule has 0 aliphatic heterocycles. The number of hydrogen-bond acceptors (Lipinski definition) is 6. The molecule has 0 aliphatic rings. The zero-order valence-corrected chi connectivity index (χ0v) is 18.0. The first-order valence-corrected chi connectivity index (χ1v) is 10.0. The molecule has 0 aliphatic carbocycles. The second kappa shape index (κ2) is 9.14. The van der Waals surface area contributed by atoms with Crippen molar-refractivity contribution in [2.75, 3.05) is 10.6 Å². The average molecular weight is 439 g/mol. The molecular formula is C23H23ClN4O3. The zero-order valence-electron chi connectivity index (χ0n) is 17.2. The van der Waals surface area contributed by atoms with E-state index in [0.717, 1.165) is 0 Å². The minimum Gasteiger partial charge on any atom is -0.360 e. The second-order valence-corrected chi connectivity index (χ2v) is 8.25. The number of anilines is 3. The van der Waals surface area contributed by atoms with E-state index in [1.165, 1.54) is 0 Å². The van der Waals surface area contributed by atoms with Gasteiger partial charge >= 0.3 is 0 Å².